The largest absolute Gasteiger partial charge is 0.328 e. The van der Waals surface area contributed by atoms with Gasteiger partial charge < -0.3 is 11.1 Å². The zero-order valence-electron chi connectivity index (χ0n) is 6.40. The van der Waals surface area contributed by atoms with Crippen molar-refractivity contribution in [3.8, 4) is 0 Å². The molecular formula is C8H16N2. The minimum absolute atomic E-state index is 0.500. The highest BCUT2D eigenvalue weighted by Crippen LogP contribution is 2.41. The van der Waals surface area contributed by atoms with Gasteiger partial charge in [-0.2, -0.15) is 0 Å². The molecule has 1 saturated carbocycles. The maximum atomic E-state index is 5.86. The molecule has 3 N–H and O–H groups in total. The van der Waals surface area contributed by atoms with Gasteiger partial charge >= 0.3 is 0 Å². The van der Waals surface area contributed by atoms with Crippen molar-refractivity contribution in [3.05, 3.63) is 0 Å². The molecule has 1 aliphatic heterocycles. The summed E-state index contributed by atoms with van der Waals surface area (Å²) in [6, 6.07) is 0.500. The third-order valence-electron chi connectivity index (χ3n) is 3.07. The molecule has 1 spiro atoms. The molecule has 0 aromatic rings. The van der Waals surface area contributed by atoms with Gasteiger partial charge in [0.05, 0.1) is 0 Å². The Morgan fingerprint density at radius 2 is 2.30 bits per heavy atom. The lowest BCUT2D eigenvalue weighted by Crippen LogP contribution is -2.23. The van der Waals surface area contributed by atoms with Crippen molar-refractivity contribution in [2.24, 2.45) is 11.1 Å². The molecule has 2 nitrogen and oxygen atoms in total. The van der Waals surface area contributed by atoms with Crippen LogP contribution in [0.2, 0.25) is 0 Å². The Labute approximate surface area is 62.2 Å². The number of nitrogens with two attached hydrogens (primary N) is 1. The summed E-state index contributed by atoms with van der Waals surface area (Å²) < 4.78 is 0. The summed E-state index contributed by atoms with van der Waals surface area (Å²) >= 11 is 0. The zero-order valence-corrected chi connectivity index (χ0v) is 6.40. The highest BCUT2D eigenvalue weighted by Gasteiger charge is 2.39. The van der Waals surface area contributed by atoms with Gasteiger partial charge in [-0.05, 0) is 37.6 Å². The van der Waals surface area contributed by atoms with Gasteiger partial charge in [0.15, 0.2) is 0 Å². The summed E-state index contributed by atoms with van der Waals surface area (Å²) in [4.78, 5) is 0. The Bertz CT molecular complexity index is 127. The van der Waals surface area contributed by atoms with E-state index in [4.69, 9.17) is 5.73 Å². The summed E-state index contributed by atoms with van der Waals surface area (Å²) in [6.45, 7) is 2.44. The van der Waals surface area contributed by atoms with Crippen molar-refractivity contribution >= 4 is 0 Å². The Morgan fingerprint density at radius 1 is 1.40 bits per heavy atom. The molecule has 0 bridgehead atoms. The van der Waals surface area contributed by atoms with Gasteiger partial charge in [-0.1, -0.05) is 0 Å². The predicted octanol–water partition coefficient (Wildman–Crippen LogP) is 0.477. The molecule has 2 aliphatic rings. The van der Waals surface area contributed by atoms with Crippen LogP contribution in [0.1, 0.15) is 25.7 Å². The van der Waals surface area contributed by atoms with E-state index in [1.54, 1.807) is 0 Å². The first-order valence-electron chi connectivity index (χ1n) is 4.27. The lowest BCUT2D eigenvalue weighted by molar-refractivity contribution is 0.331. The summed E-state index contributed by atoms with van der Waals surface area (Å²) in [5.41, 5.74) is 6.49. The second kappa shape index (κ2) is 2.21. The van der Waals surface area contributed by atoms with E-state index in [9.17, 15) is 0 Å². The molecule has 2 atom stereocenters. The van der Waals surface area contributed by atoms with Crippen molar-refractivity contribution in [2.45, 2.75) is 31.7 Å². The van der Waals surface area contributed by atoms with Crippen molar-refractivity contribution in [3.63, 3.8) is 0 Å². The molecule has 0 amide bonds. The molecule has 1 saturated heterocycles. The van der Waals surface area contributed by atoms with Crippen LogP contribution >= 0.6 is 0 Å². The fraction of sp³-hybridized carbons (Fsp3) is 1.00. The fourth-order valence-corrected chi connectivity index (χ4v) is 2.44. The molecule has 58 valence electrons. The number of nitrogens with one attached hydrogen (secondary N) is 1. The molecule has 0 aromatic heterocycles. The number of hydrogen-bond donors (Lipinski definition) is 2. The van der Waals surface area contributed by atoms with E-state index < -0.39 is 0 Å². The number of hydrogen-bond acceptors (Lipinski definition) is 2. The lowest BCUT2D eigenvalue weighted by atomic mass is 9.85. The van der Waals surface area contributed by atoms with E-state index in [2.05, 4.69) is 5.32 Å². The molecule has 0 unspecified atom stereocenters. The molecule has 2 fully saturated rings. The fourth-order valence-electron chi connectivity index (χ4n) is 2.44. The molecule has 1 aliphatic carbocycles. The molecule has 2 rings (SSSR count). The van der Waals surface area contributed by atoms with Gasteiger partial charge in [0.1, 0.15) is 0 Å². The average molecular weight is 140 g/mol. The van der Waals surface area contributed by atoms with Crippen molar-refractivity contribution in [2.75, 3.05) is 13.1 Å². The first-order chi connectivity index (χ1) is 4.81. The van der Waals surface area contributed by atoms with Crippen molar-refractivity contribution in [1.82, 2.24) is 5.32 Å². The Balaban J connectivity index is 2.03. The second-order valence-corrected chi connectivity index (χ2v) is 3.93. The van der Waals surface area contributed by atoms with Crippen LogP contribution in [0.4, 0.5) is 0 Å². The van der Waals surface area contributed by atoms with Gasteiger partial charge in [-0.15, -0.1) is 0 Å². The third-order valence-corrected chi connectivity index (χ3v) is 3.07. The summed E-state index contributed by atoms with van der Waals surface area (Å²) in [5, 5.41) is 3.42. The molecule has 10 heavy (non-hydrogen) atoms. The summed E-state index contributed by atoms with van der Waals surface area (Å²) in [7, 11) is 0. The van der Waals surface area contributed by atoms with E-state index in [0.717, 1.165) is 0 Å². The highest BCUT2D eigenvalue weighted by atomic mass is 14.9. The SMILES string of the molecule is N[C@H]1CC[C@]2(CCNC2)C1. The average Bonchev–Trinajstić information content (AvgIpc) is 2.46. The smallest absolute Gasteiger partial charge is 0.00448 e. The lowest BCUT2D eigenvalue weighted by Gasteiger charge is -2.20. The summed E-state index contributed by atoms with van der Waals surface area (Å²) in [6.07, 6.45) is 5.24. The standard InChI is InChI=1S/C8H16N2/c9-7-1-2-8(5-7)3-4-10-6-8/h7,10H,1-6,9H2/t7-,8-/m0/s1. The summed E-state index contributed by atoms with van der Waals surface area (Å²) in [5.74, 6) is 0. The normalized spacial score (nSPS) is 47.1. The first-order valence-corrected chi connectivity index (χ1v) is 4.27. The van der Waals surface area contributed by atoms with Gasteiger partial charge in [0.2, 0.25) is 0 Å². The Morgan fingerprint density at radius 3 is 2.80 bits per heavy atom. The van der Waals surface area contributed by atoms with Crippen LogP contribution in [0.3, 0.4) is 0 Å². The Hall–Kier alpha value is -0.0800. The topological polar surface area (TPSA) is 38.0 Å². The molecular weight excluding hydrogens is 124 g/mol. The zero-order chi connectivity index (χ0) is 7.03. The van der Waals surface area contributed by atoms with Crippen molar-refractivity contribution < 1.29 is 0 Å². The van der Waals surface area contributed by atoms with Crippen LogP contribution in [-0.4, -0.2) is 19.1 Å². The molecule has 1 heterocycles. The van der Waals surface area contributed by atoms with E-state index >= 15 is 0 Å². The van der Waals surface area contributed by atoms with Gasteiger partial charge in [-0.25, -0.2) is 0 Å². The molecule has 0 aromatic carbocycles. The number of rotatable bonds is 0. The third kappa shape index (κ3) is 0.956. The Kier molecular flexibility index (Phi) is 1.46. The van der Waals surface area contributed by atoms with Crippen LogP contribution in [0.5, 0.6) is 0 Å². The minimum atomic E-state index is 0.500. The van der Waals surface area contributed by atoms with Crippen LogP contribution < -0.4 is 11.1 Å². The highest BCUT2D eigenvalue weighted by molar-refractivity contribution is 4.95. The van der Waals surface area contributed by atoms with Crippen LogP contribution in [0, 0.1) is 5.41 Å². The maximum Gasteiger partial charge on any atom is 0.00448 e. The van der Waals surface area contributed by atoms with Gasteiger partial charge in [0, 0.05) is 12.6 Å². The maximum absolute atomic E-state index is 5.86. The van der Waals surface area contributed by atoms with E-state index in [0.29, 0.717) is 11.5 Å². The van der Waals surface area contributed by atoms with Gasteiger partial charge in [0.25, 0.3) is 0 Å². The quantitative estimate of drug-likeness (QED) is 0.513. The monoisotopic (exact) mass is 140 g/mol. The van der Waals surface area contributed by atoms with Gasteiger partial charge in [-0.3, -0.25) is 0 Å². The minimum Gasteiger partial charge on any atom is -0.328 e. The van der Waals surface area contributed by atoms with Crippen LogP contribution in [0.15, 0.2) is 0 Å². The predicted molar refractivity (Wildman–Crippen MR) is 41.7 cm³/mol. The molecule has 0 radical (unpaired) electrons. The van der Waals surface area contributed by atoms with Crippen LogP contribution in [0.25, 0.3) is 0 Å². The van der Waals surface area contributed by atoms with Crippen LogP contribution in [-0.2, 0) is 0 Å². The van der Waals surface area contributed by atoms with E-state index in [1.165, 1.54) is 38.8 Å². The molecule has 2 heteroatoms. The second-order valence-electron chi connectivity index (χ2n) is 3.93. The van der Waals surface area contributed by atoms with E-state index in [1.807, 2.05) is 0 Å². The van der Waals surface area contributed by atoms with Crippen molar-refractivity contribution in [1.29, 1.82) is 0 Å². The first kappa shape index (κ1) is 6.62. The van der Waals surface area contributed by atoms with E-state index in [-0.39, 0.29) is 0 Å².